The molecule has 0 N–H and O–H groups in total. The summed E-state index contributed by atoms with van der Waals surface area (Å²) < 4.78 is 29.4. The van der Waals surface area contributed by atoms with Crippen LogP contribution in [0.25, 0.3) is 22.4 Å². The van der Waals surface area contributed by atoms with Crippen LogP contribution in [0.5, 0.6) is 0 Å². The molecule has 3 aromatic rings. The zero-order valence-corrected chi connectivity index (χ0v) is 16.2. The smallest absolute Gasteiger partial charge is 0.246 e. The van der Waals surface area contributed by atoms with Crippen molar-refractivity contribution >= 4 is 26.8 Å². The van der Waals surface area contributed by atoms with Crippen LogP contribution in [0.4, 0.5) is 5.95 Å². The Balaban J connectivity index is 1.31. The van der Waals surface area contributed by atoms with E-state index in [4.69, 9.17) is 4.42 Å². The monoisotopic (exact) mass is 399 g/mol. The van der Waals surface area contributed by atoms with E-state index in [1.54, 1.807) is 6.20 Å². The van der Waals surface area contributed by atoms with Crippen LogP contribution in [0.1, 0.15) is 6.42 Å². The van der Waals surface area contributed by atoms with E-state index in [9.17, 15) is 8.42 Å². The number of nitrogens with zero attached hydrogens (tertiary/aromatic N) is 5. The lowest BCUT2D eigenvalue weighted by molar-refractivity contribution is 0.199. The van der Waals surface area contributed by atoms with Gasteiger partial charge in [-0.3, -0.25) is 4.90 Å². The third kappa shape index (κ3) is 3.35. The van der Waals surface area contributed by atoms with Gasteiger partial charge in [-0.25, -0.2) is 13.4 Å². The molecule has 0 bridgehead atoms. The van der Waals surface area contributed by atoms with E-state index in [0.717, 1.165) is 43.6 Å². The normalized spacial score (nSPS) is 22.7. The second-order valence-corrected chi connectivity index (χ2v) is 9.60. The van der Waals surface area contributed by atoms with Crippen LogP contribution >= 0.6 is 0 Å². The Bertz CT molecular complexity index is 1070. The standard InChI is InChI=1S/C19H21N5O3S/c25-28(26)10-5-15(13-28)23-6-8-24(9-7-23)19-21-16(12-20-22-19)18-11-14-3-1-2-4-17(14)27-18/h1-4,11-12,15H,5-10,13H2. The number of hydrogen-bond donors (Lipinski definition) is 0. The topological polar surface area (TPSA) is 92.4 Å². The molecule has 5 rings (SSSR count). The van der Waals surface area contributed by atoms with Crippen molar-refractivity contribution in [3.05, 3.63) is 36.5 Å². The number of fused-ring (bicyclic) bond motifs is 1. The average molecular weight is 399 g/mol. The van der Waals surface area contributed by atoms with Gasteiger partial charge in [-0.2, -0.15) is 5.10 Å². The number of piperazine rings is 1. The molecule has 0 radical (unpaired) electrons. The van der Waals surface area contributed by atoms with E-state index >= 15 is 0 Å². The highest BCUT2D eigenvalue weighted by atomic mass is 32.2. The number of aromatic nitrogens is 3. The molecule has 0 amide bonds. The number of para-hydroxylation sites is 1. The number of rotatable bonds is 3. The van der Waals surface area contributed by atoms with Gasteiger partial charge in [0.1, 0.15) is 11.3 Å². The highest BCUT2D eigenvalue weighted by Crippen LogP contribution is 2.27. The zero-order valence-electron chi connectivity index (χ0n) is 15.4. The first-order valence-electron chi connectivity index (χ1n) is 9.45. The summed E-state index contributed by atoms with van der Waals surface area (Å²) in [5.41, 5.74) is 1.48. The number of anilines is 1. The van der Waals surface area contributed by atoms with Crippen LogP contribution in [0.3, 0.4) is 0 Å². The van der Waals surface area contributed by atoms with Crippen LogP contribution in [0, 0.1) is 0 Å². The molecule has 0 aliphatic carbocycles. The summed E-state index contributed by atoms with van der Waals surface area (Å²) in [5.74, 6) is 1.85. The lowest BCUT2D eigenvalue weighted by Crippen LogP contribution is -2.51. The second-order valence-electron chi connectivity index (χ2n) is 7.37. The Morgan fingerprint density at radius 2 is 1.93 bits per heavy atom. The van der Waals surface area contributed by atoms with Gasteiger partial charge < -0.3 is 9.32 Å². The van der Waals surface area contributed by atoms with Crippen LogP contribution in [-0.4, -0.2) is 72.2 Å². The Morgan fingerprint density at radius 1 is 1.11 bits per heavy atom. The average Bonchev–Trinajstić information content (AvgIpc) is 3.31. The number of hydrogen-bond acceptors (Lipinski definition) is 8. The van der Waals surface area contributed by atoms with Gasteiger partial charge >= 0.3 is 0 Å². The van der Waals surface area contributed by atoms with E-state index in [1.807, 2.05) is 30.3 Å². The van der Waals surface area contributed by atoms with E-state index < -0.39 is 9.84 Å². The maximum absolute atomic E-state index is 11.7. The summed E-state index contributed by atoms with van der Waals surface area (Å²) in [7, 11) is -2.86. The molecule has 2 aliphatic heterocycles. The number of sulfone groups is 1. The summed E-state index contributed by atoms with van der Waals surface area (Å²) in [6.07, 6.45) is 2.35. The quantitative estimate of drug-likeness (QED) is 0.656. The molecule has 1 aromatic carbocycles. The molecule has 2 aliphatic rings. The summed E-state index contributed by atoms with van der Waals surface area (Å²) in [4.78, 5) is 9.02. The lowest BCUT2D eigenvalue weighted by atomic mass is 10.2. The lowest BCUT2D eigenvalue weighted by Gasteiger charge is -2.37. The van der Waals surface area contributed by atoms with Crippen LogP contribution in [0.15, 0.2) is 40.9 Å². The Kier molecular flexibility index (Phi) is 4.28. The van der Waals surface area contributed by atoms with Crippen LogP contribution < -0.4 is 4.90 Å². The fraction of sp³-hybridized carbons (Fsp3) is 0.421. The molecule has 2 saturated heterocycles. The van der Waals surface area contributed by atoms with Gasteiger partial charge in [0.2, 0.25) is 5.95 Å². The molecule has 9 heteroatoms. The first kappa shape index (κ1) is 17.6. The van der Waals surface area contributed by atoms with Crippen molar-refractivity contribution in [1.29, 1.82) is 0 Å². The maximum atomic E-state index is 11.7. The molecule has 4 heterocycles. The van der Waals surface area contributed by atoms with Gasteiger partial charge in [-0.05, 0) is 18.6 Å². The largest absolute Gasteiger partial charge is 0.454 e. The van der Waals surface area contributed by atoms with Gasteiger partial charge in [-0.1, -0.05) is 18.2 Å². The van der Waals surface area contributed by atoms with Crippen molar-refractivity contribution < 1.29 is 12.8 Å². The molecule has 0 spiro atoms. The van der Waals surface area contributed by atoms with Crippen molar-refractivity contribution in [3.63, 3.8) is 0 Å². The maximum Gasteiger partial charge on any atom is 0.246 e. The number of furan rings is 1. The molecular formula is C19H21N5O3S. The van der Waals surface area contributed by atoms with Gasteiger partial charge in [0.15, 0.2) is 15.6 Å². The van der Waals surface area contributed by atoms with Crippen molar-refractivity contribution in [3.8, 4) is 11.5 Å². The second kappa shape index (κ2) is 6.82. The fourth-order valence-electron chi connectivity index (χ4n) is 4.01. The van der Waals surface area contributed by atoms with E-state index in [2.05, 4.69) is 25.0 Å². The Hall–Kier alpha value is -2.52. The summed E-state index contributed by atoms with van der Waals surface area (Å²) in [5, 5.41) is 9.34. The summed E-state index contributed by atoms with van der Waals surface area (Å²) >= 11 is 0. The van der Waals surface area contributed by atoms with E-state index in [1.165, 1.54) is 0 Å². The summed E-state index contributed by atoms with van der Waals surface area (Å²) in [6, 6.07) is 9.95. The molecule has 2 fully saturated rings. The predicted molar refractivity (Wildman–Crippen MR) is 106 cm³/mol. The third-order valence-corrected chi connectivity index (χ3v) is 7.30. The van der Waals surface area contributed by atoms with Gasteiger partial charge in [-0.15, -0.1) is 5.10 Å². The highest BCUT2D eigenvalue weighted by Gasteiger charge is 2.34. The molecule has 28 heavy (non-hydrogen) atoms. The summed E-state index contributed by atoms with van der Waals surface area (Å²) in [6.45, 7) is 3.11. The minimum atomic E-state index is -2.86. The van der Waals surface area contributed by atoms with Gasteiger partial charge in [0.25, 0.3) is 0 Å². The first-order chi connectivity index (χ1) is 13.6. The predicted octanol–water partition coefficient (Wildman–Crippen LogP) is 1.59. The minimum absolute atomic E-state index is 0.146. The number of benzene rings is 1. The van der Waals surface area contributed by atoms with Gasteiger partial charge in [0.05, 0.1) is 17.7 Å². The van der Waals surface area contributed by atoms with Gasteiger partial charge in [0, 0.05) is 37.6 Å². The van der Waals surface area contributed by atoms with Crippen molar-refractivity contribution in [1.82, 2.24) is 20.1 Å². The Labute approximate surface area is 163 Å². The molecular weight excluding hydrogens is 378 g/mol. The zero-order chi connectivity index (χ0) is 19.1. The highest BCUT2D eigenvalue weighted by molar-refractivity contribution is 7.91. The minimum Gasteiger partial charge on any atom is -0.454 e. The van der Waals surface area contributed by atoms with Crippen molar-refractivity contribution in [2.75, 3.05) is 42.6 Å². The van der Waals surface area contributed by atoms with Crippen molar-refractivity contribution in [2.24, 2.45) is 0 Å². The molecule has 146 valence electrons. The first-order valence-corrected chi connectivity index (χ1v) is 11.3. The van der Waals surface area contributed by atoms with Crippen LogP contribution in [0.2, 0.25) is 0 Å². The Morgan fingerprint density at radius 3 is 2.68 bits per heavy atom. The van der Waals surface area contributed by atoms with Crippen molar-refractivity contribution in [2.45, 2.75) is 12.5 Å². The van der Waals surface area contributed by atoms with E-state index in [-0.39, 0.29) is 11.8 Å². The molecule has 2 aromatic heterocycles. The fourth-order valence-corrected chi connectivity index (χ4v) is 5.77. The molecule has 8 nitrogen and oxygen atoms in total. The molecule has 1 atom stereocenters. The molecule has 1 unspecified atom stereocenters. The molecule has 0 saturated carbocycles. The van der Waals surface area contributed by atoms with Crippen LogP contribution in [-0.2, 0) is 9.84 Å². The SMILES string of the molecule is O=S1(=O)CCC(N2CCN(c3nncc(-c4cc5ccccc5o4)n3)CC2)C1. The third-order valence-electron chi connectivity index (χ3n) is 5.55. The van der Waals surface area contributed by atoms with E-state index in [0.29, 0.717) is 23.2 Å².